The highest BCUT2D eigenvalue weighted by atomic mass is 35.5. The van der Waals surface area contributed by atoms with Crippen molar-refractivity contribution < 1.29 is 8.42 Å². The molecule has 0 aliphatic carbocycles. The van der Waals surface area contributed by atoms with Gasteiger partial charge < -0.3 is 0 Å². The SMILES string of the molecule is CC(C)(C)NS(=O)(=O)c1ccc2c(Cl)cnc(Cl)c2c1. The molecule has 0 unspecified atom stereocenters. The van der Waals surface area contributed by atoms with Crippen molar-refractivity contribution in [2.45, 2.75) is 31.2 Å². The Bertz CT molecular complexity index is 768. The highest BCUT2D eigenvalue weighted by molar-refractivity contribution is 7.89. The van der Waals surface area contributed by atoms with Crippen LogP contribution in [-0.4, -0.2) is 18.9 Å². The predicted molar refractivity (Wildman–Crippen MR) is 81.8 cm³/mol. The molecule has 2 aromatic rings. The van der Waals surface area contributed by atoms with E-state index >= 15 is 0 Å². The molecule has 0 saturated heterocycles. The van der Waals surface area contributed by atoms with E-state index in [0.29, 0.717) is 15.8 Å². The quantitative estimate of drug-likeness (QED) is 0.854. The first-order chi connectivity index (χ1) is 9.10. The third kappa shape index (κ3) is 3.23. The summed E-state index contributed by atoms with van der Waals surface area (Å²) in [7, 11) is -3.62. The Balaban J connectivity index is 2.61. The van der Waals surface area contributed by atoms with Crippen molar-refractivity contribution in [1.82, 2.24) is 9.71 Å². The second kappa shape index (κ2) is 5.15. The maximum atomic E-state index is 12.3. The van der Waals surface area contributed by atoms with Crippen molar-refractivity contribution >= 4 is 44.0 Å². The molecule has 20 heavy (non-hydrogen) atoms. The van der Waals surface area contributed by atoms with Crippen LogP contribution in [0.1, 0.15) is 20.8 Å². The van der Waals surface area contributed by atoms with Gasteiger partial charge in [0.1, 0.15) is 5.15 Å². The first-order valence-electron chi connectivity index (χ1n) is 5.88. The molecule has 0 saturated carbocycles. The highest BCUT2D eigenvalue weighted by Gasteiger charge is 2.22. The van der Waals surface area contributed by atoms with Gasteiger partial charge in [0.25, 0.3) is 0 Å². The molecule has 1 N–H and O–H groups in total. The fourth-order valence-corrected chi connectivity index (χ4v) is 3.65. The minimum Gasteiger partial charge on any atom is -0.242 e. The fourth-order valence-electron chi connectivity index (χ4n) is 1.78. The molecule has 0 aliphatic heterocycles. The fraction of sp³-hybridized carbons (Fsp3) is 0.308. The minimum atomic E-state index is -3.62. The predicted octanol–water partition coefficient (Wildman–Crippen LogP) is 3.62. The number of fused-ring (bicyclic) bond motifs is 1. The van der Waals surface area contributed by atoms with Crippen molar-refractivity contribution in [1.29, 1.82) is 0 Å². The maximum Gasteiger partial charge on any atom is 0.241 e. The van der Waals surface area contributed by atoms with Gasteiger partial charge in [-0.3, -0.25) is 0 Å². The largest absolute Gasteiger partial charge is 0.242 e. The standard InChI is InChI=1S/C13H14Cl2N2O2S/c1-13(2,3)17-20(18,19)8-4-5-9-10(6-8)12(15)16-7-11(9)14/h4-7,17H,1-3H3. The third-order valence-corrected chi connectivity index (χ3v) is 4.87. The normalized spacial score (nSPS) is 12.8. The Hall–Kier alpha value is -0.880. The first-order valence-corrected chi connectivity index (χ1v) is 8.12. The van der Waals surface area contributed by atoms with Crippen LogP contribution in [0.15, 0.2) is 29.3 Å². The lowest BCUT2D eigenvalue weighted by atomic mass is 10.1. The average Bonchev–Trinajstić information content (AvgIpc) is 2.30. The maximum absolute atomic E-state index is 12.3. The van der Waals surface area contributed by atoms with E-state index in [0.717, 1.165) is 0 Å². The number of hydrogen-bond donors (Lipinski definition) is 1. The molecule has 1 aromatic carbocycles. The number of sulfonamides is 1. The van der Waals surface area contributed by atoms with E-state index in [1.165, 1.54) is 18.3 Å². The molecule has 0 fully saturated rings. The van der Waals surface area contributed by atoms with E-state index in [-0.39, 0.29) is 10.0 Å². The number of benzene rings is 1. The summed E-state index contributed by atoms with van der Waals surface area (Å²) in [5, 5.41) is 1.83. The Morgan fingerprint density at radius 1 is 1.15 bits per heavy atom. The second-order valence-electron chi connectivity index (χ2n) is 5.46. The molecule has 0 radical (unpaired) electrons. The summed E-state index contributed by atoms with van der Waals surface area (Å²) in [5.74, 6) is 0. The van der Waals surface area contributed by atoms with Crippen molar-refractivity contribution in [3.63, 3.8) is 0 Å². The summed E-state index contributed by atoms with van der Waals surface area (Å²) in [5.41, 5.74) is -0.565. The monoisotopic (exact) mass is 332 g/mol. The Labute approximate surface area is 128 Å². The van der Waals surface area contributed by atoms with E-state index in [1.807, 2.05) is 0 Å². The van der Waals surface area contributed by atoms with Gasteiger partial charge in [-0.1, -0.05) is 29.3 Å². The molecule has 4 nitrogen and oxygen atoms in total. The van der Waals surface area contributed by atoms with Gasteiger partial charge in [-0.05, 0) is 32.9 Å². The molecule has 2 rings (SSSR count). The second-order valence-corrected chi connectivity index (χ2v) is 7.91. The van der Waals surface area contributed by atoms with Crippen LogP contribution < -0.4 is 4.72 Å². The highest BCUT2D eigenvalue weighted by Crippen LogP contribution is 2.29. The Kier molecular flexibility index (Phi) is 3.99. The molecular formula is C13H14Cl2N2O2S. The van der Waals surface area contributed by atoms with Crippen LogP contribution in [0, 0.1) is 0 Å². The van der Waals surface area contributed by atoms with Crippen molar-refractivity contribution in [3.05, 3.63) is 34.6 Å². The van der Waals surface area contributed by atoms with Crippen LogP contribution in [-0.2, 0) is 10.0 Å². The van der Waals surface area contributed by atoms with Crippen molar-refractivity contribution in [2.24, 2.45) is 0 Å². The van der Waals surface area contributed by atoms with Gasteiger partial charge in [0.05, 0.1) is 9.92 Å². The number of halogens is 2. The zero-order valence-electron chi connectivity index (χ0n) is 11.2. The summed E-state index contributed by atoms with van der Waals surface area (Å²) < 4.78 is 27.1. The molecule has 0 bridgehead atoms. The molecular weight excluding hydrogens is 319 g/mol. The minimum absolute atomic E-state index is 0.130. The van der Waals surface area contributed by atoms with E-state index in [9.17, 15) is 8.42 Å². The topological polar surface area (TPSA) is 59.1 Å². The van der Waals surface area contributed by atoms with Crippen molar-refractivity contribution in [2.75, 3.05) is 0 Å². The summed E-state index contributed by atoms with van der Waals surface area (Å²) in [6.07, 6.45) is 1.44. The van der Waals surface area contributed by atoms with Gasteiger partial charge in [0.2, 0.25) is 10.0 Å². The van der Waals surface area contributed by atoms with Gasteiger partial charge in [-0.25, -0.2) is 18.1 Å². The number of rotatable bonds is 2. The van der Waals surface area contributed by atoms with Crippen molar-refractivity contribution in [3.8, 4) is 0 Å². The summed E-state index contributed by atoms with van der Waals surface area (Å²) in [4.78, 5) is 4.05. The zero-order valence-corrected chi connectivity index (χ0v) is 13.6. The van der Waals surface area contributed by atoms with Crippen LogP contribution in [0.5, 0.6) is 0 Å². The Morgan fingerprint density at radius 2 is 1.80 bits per heavy atom. The number of aromatic nitrogens is 1. The summed E-state index contributed by atoms with van der Waals surface area (Å²) in [6, 6.07) is 4.60. The number of hydrogen-bond acceptors (Lipinski definition) is 3. The molecule has 0 atom stereocenters. The average molecular weight is 333 g/mol. The van der Waals surface area contributed by atoms with Crippen LogP contribution in [0.3, 0.4) is 0 Å². The van der Waals surface area contributed by atoms with E-state index in [1.54, 1.807) is 26.8 Å². The third-order valence-electron chi connectivity index (χ3n) is 2.51. The van der Waals surface area contributed by atoms with Gasteiger partial charge in [-0.15, -0.1) is 0 Å². The molecule has 7 heteroatoms. The zero-order chi connectivity index (χ0) is 15.1. The lowest BCUT2D eigenvalue weighted by molar-refractivity contribution is 0.491. The first kappa shape index (κ1) is 15.5. The number of nitrogens with zero attached hydrogens (tertiary/aromatic N) is 1. The van der Waals surface area contributed by atoms with Crippen LogP contribution in [0.4, 0.5) is 0 Å². The van der Waals surface area contributed by atoms with Gasteiger partial charge >= 0.3 is 0 Å². The lowest BCUT2D eigenvalue weighted by Gasteiger charge is -2.20. The number of nitrogens with one attached hydrogen (secondary N) is 1. The van der Waals surface area contributed by atoms with Crippen LogP contribution in [0.2, 0.25) is 10.2 Å². The van der Waals surface area contributed by atoms with Gasteiger partial charge in [0, 0.05) is 22.5 Å². The number of pyridine rings is 1. The molecule has 108 valence electrons. The van der Waals surface area contributed by atoms with E-state index in [2.05, 4.69) is 9.71 Å². The molecule has 1 heterocycles. The summed E-state index contributed by atoms with van der Waals surface area (Å²) >= 11 is 12.0. The molecule has 0 aliphatic rings. The summed E-state index contributed by atoms with van der Waals surface area (Å²) in [6.45, 7) is 5.32. The van der Waals surface area contributed by atoms with Gasteiger partial charge in [0.15, 0.2) is 0 Å². The van der Waals surface area contributed by atoms with Gasteiger partial charge in [-0.2, -0.15) is 0 Å². The molecule has 0 spiro atoms. The van der Waals surface area contributed by atoms with Crippen LogP contribution in [0.25, 0.3) is 10.8 Å². The van der Waals surface area contributed by atoms with Crippen LogP contribution >= 0.6 is 23.2 Å². The van der Waals surface area contributed by atoms with E-state index < -0.39 is 15.6 Å². The Morgan fingerprint density at radius 3 is 2.40 bits per heavy atom. The lowest BCUT2D eigenvalue weighted by Crippen LogP contribution is -2.40. The molecule has 1 aromatic heterocycles. The van der Waals surface area contributed by atoms with E-state index in [4.69, 9.17) is 23.2 Å². The smallest absolute Gasteiger partial charge is 0.241 e. The molecule has 0 amide bonds.